The largest absolute Gasteiger partial charge is 0.481 e. The van der Waals surface area contributed by atoms with Crippen LogP contribution in [0, 0.1) is 12.8 Å². The highest BCUT2D eigenvalue weighted by atomic mass is 79.9. The van der Waals surface area contributed by atoms with Crippen molar-refractivity contribution in [2.24, 2.45) is 13.0 Å². The van der Waals surface area contributed by atoms with Gasteiger partial charge in [0.15, 0.2) is 0 Å². The van der Waals surface area contributed by atoms with E-state index >= 15 is 0 Å². The maximum Gasteiger partial charge on any atom is 0.216 e. The molecule has 1 saturated heterocycles. The van der Waals surface area contributed by atoms with Gasteiger partial charge in [-0.2, -0.15) is 5.10 Å². The van der Waals surface area contributed by atoms with Gasteiger partial charge in [-0.3, -0.25) is 0 Å². The fourth-order valence-electron chi connectivity index (χ4n) is 3.45. The summed E-state index contributed by atoms with van der Waals surface area (Å²) in [5.74, 6) is 1.52. The van der Waals surface area contributed by atoms with E-state index in [0.29, 0.717) is 5.92 Å². The number of anilines is 1. The molecule has 2 aromatic rings. The molecule has 0 spiro atoms. The van der Waals surface area contributed by atoms with Crippen LogP contribution in [-0.4, -0.2) is 36.5 Å². The Hall–Kier alpha value is -1.53. The topological polar surface area (TPSA) is 42.3 Å². The third-order valence-corrected chi connectivity index (χ3v) is 5.17. The summed E-state index contributed by atoms with van der Waals surface area (Å²) >= 11 is 3.56. The number of ether oxygens (including phenoxy) is 1. The second-order valence-electron chi connectivity index (χ2n) is 6.41. The molecule has 1 N–H and O–H groups in total. The minimum absolute atomic E-state index is 0.673. The van der Waals surface area contributed by atoms with Gasteiger partial charge in [-0.1, -0.05) is 22.0 Å². The quantitative estimate of drug-likeness (QED) is 0.819. The fourth-order valence-corrected chi connectivity index (χ4v) is 3.83. The zero-order valence-corrected chi connectivity index (χ0v) is 16.1. The van der Waals surface area contributed by atoms with Crippen molar-refractivity contribution < 1.29 is 4.74 Å². The summed E-state index contributed by atoms with van der Waals surface area (Å²) in [6.07, 6.45) is 1.22. The molecule has 1 atom stereocenters. The zero-order valence-electron chi connectivity index (χ0n) is 14.6. The van der Waals surface area contributed by atoms with Crippen LogP contribution in [0.25, 0.3) is 0 Å². The number of halogens is 1. The number of hydrogen-bond acceptors (Lipinski definition) is 4. The monoisotopic (exact) mass is 392 g/mol. The van der Waals surface area contributed by atoms with Gasteiger partial charge in [-0.05, 0) is 37.5 Å². The van der Waals surface area contributed by atoms with E-state index in [4.69, 9.17) is 4.74 Å². The summed E-state index contributed by atoms with van der Waals surface area (Å²) in [5.41, 5.74) is 3.49. The van der Waals surface area contributed by atoms with E-state index < -0.39 is 0 Å². The average Bonchev–Trinajstić information content (AvgIpc) is 3.12. The van der Waals surface area contributed by atoms with E-state index in [1.165, 1.54) is 12.1 Å². The second-order valence-corrected chi connectivity index (χ2v) is 7.32. The lowest BCUT2D eigenvalue weighted by atomic mass is 10.1. The maximum absolute atomic E-state index is 5.45. The predicted octanol–water partition coefficient (Wildman–Crippen LogP) is 3.12. The van der Waals surface area contributed by atoms with E-state index in [-0.39, 0.29) is 0 Å². The molecule has 0 saturated carbocycles. The minimum atomic E-state index is 0.673. The average molecular weight is 393 g/mol. The summed E-state index contributed by atoms with van der Waals surface area (Å²) in [4.78, 5) is 2.47. The Morgan fingerprint density at radius 3 is 3.00 bits per heavy atom. The van der Waals surface area contributed by atoms with Gasteiger partial charge in [0.1, 0.15) is 0 Å². The molecule has 2 heterocycles. The van der Waals surface area contributed by atoms with Crippen LogP contribution < -0.4 is 15.0 Å². The molecule has 1 aromatic heterocycles. The summed E-state index contributed by atoms with van der Waals surface area (Å²) in [7, 11) is 3.62. The van der Waals surface area contributed by atoms with Gasteiger partial charge >= 0.3 is 0 Å². The van der Waals surface area contributed by atoms with Crippen molar-refractivity contribution in [2.75, 3.05) is 31.6 Å². The first kappa shape index (κ1) is 17.3. The molecular weight excluding hydrogens is 368 g/mol. The van der Waals surface area contributed by atoms with Crippen LogP contribution in [0.3, 0.4) is 0 Å². The van der Waals surface area contributed by atoms with Crippen LogP contribution in [0.2, 0.25) is 0 Å². The van der Waals surface area contributed by atoms with Crippen LogP contribution in [0.1, 0.15) is 17.7 Å². The lowest BCUT2D eigenvalue weighted by Crippen LogP contribution is -2.26. The smallest absolute Gasteiger partial charge is 0.216 e. The first-order valence-corrected chi connectivity index (χ1v) is 9.15. The molecule has 0 aliphatic carbocycles. The van der Waals surface area contributed by atoms with Crippen LogP contribution in [0.15, 0.2) is 28.7 Å². The Morgan fingerprint density at radius 2 is 2.25 bits per heavy atom. The first-order valence-electron chi connectivity index (χ1n) is 8.36. The Kier molecular flexibility index (Phi) is 5.46. The van der Waals surface area contributed by atoms with Crippen LogP contribution >= 0.6 is 15.9 Å². The number of nitrogens with zero attached hydrogens (tertiary/aromatic N) is 3. The Labute approximate surface area is 152 Å². The highest BCUT2D eigenvalue weighted by Crippen LogP contribution is 2.26. The fraction of sp³-hybridized carbons (Fsp3) is 0.500. The predicted molar refractivity (Wildman–Crippen MR) is 101 cm³/mol. The molecular formula is C18H25BrN4O. The second kappa shape index (κ2) is 7.57. The molecule has 24 heavy (non-hydrogen) atoms. The van der Waals surface area contributed by atoms with E-state index in [2.05, 4.69) is 55.5 Å². The molecule has 1 aliphatic heterocycles. The number of aromatic nitrogens is 2. The van der Waals surface area contributed by atoms with Gasteiger partial charge in [0.2, 0.25) is 5.88 Å². The number of aryl methyl sites for hydroxylation is 2. The molecule has 3 rings (SSSR count). The van der Waals surface area contributed by atoms with Crippen molar-refractivity contribution in [3.8, 4) is 5.88 Å². The normalized spacial score (nSPS) is 17.5. The minimum Gasteiger partial charge on any atom is -0.481 e. The lowest BCUT2D eigenvalue weighted by Gasteiger charge is -2.19. The van der Waals surface area contributed by atoms with Gasteiger partial charge in [-0.15, -0.1) is 0 Å². The highest BCUT2D eigenvalue weighted by molar-refractivity contribution is 9.10. The molecule has 0 amide bonds. The molecule has 1 aromatic carbocycles. The third-order valence-electron chi connectivity index (χ3n) is 4.68. The van der Waals surface area contributed by atoms with Crippen LogP contribution in [0.5, 0.6) is 5.88 Å². The van der Waals surface area contributed by atoms with Crippen molar-refractivity contribution in [3.63, 3.8) is 0 Å². The molecule has 1 fully saturated rings. The van der Waals surface area contributed by atoms with Crippen molar-refractivity contribution in [3.05, 3.63) is 40.0 Å². The molecule has 0 bridgehead atoms. The summed E-state index contributed by atoms with van der Waals surface area (Å²) in [6.45, 7) is 6.08. The Morgan fingerprint density at radius 1 is 1.42 bits per heavy atom. The third kappa shape index (κ3) is 3.75. The highest BCUT2D eigenvalue weighted by Gasteiger charge is 2.23. The van der Waals surface area contributed by atoms with Gasteiger partial charge in [0.05, 0.1) is 18.4 Å². The molecule has 1 aliphatic rings. The number of rotatable bonds is 6. The van der Waals surface area contributed by atoms with Gasteiger partial charge < -0.3 is 15.0 Å². The van der Waals surface area contributed by atoms with Gasteiger partial charge in [-0.25, -0.2) is 4.68 Å². The molecule has 130 valence electrons. The number of benzene rings is 1. The lowest BCUT2D eigenvalue weighted by molar-refractivity contribution is 0.367. The number of nitrogens with one attached hydrogen (secondary N) is 1. The standard InChI is InChI=1S/C18H25BrN4O/c1-13-17(18(24-3)22(2)21-13)11-20-10-14-7-8-23(12-14)16-6-4-5-15(19)9-16/h4-6,9,14,20H,7-8,10-12H2,1-3H3/t14-/m1/s1. The summed E-state index contributed by atoms with van der Waals surface area (Å²) in [5, 5.41) is 8.02. The van der Waals surface area contributed by atoms with Crippen molar-refractivity contribution in [1.82, 2.24) is 15.1 Å². The molecule has 5 nitrogen and oxygen atoms in total. The Balaban J connectivity index is 1.52. The van der Waals surface area contributed by atoms with E-state index in [9.17, 15) is 0 Å². The van der Waals surface area contributed by atoms with Crippen LogP contribution in [-0.2, 0) is 13.6 Å². The van der Waals surface area contributed by atoms with Gasteiger partial charge in [0, 0.05) is 43.4 Å². The zero-order chi connectivity index (χ0) is 17.1. The van der Waals surface area contributed by atoms with Crippen molar-refractivity contribution in [1.29, 1.82) is 0 Å². The summed E-state index contributed by atoms with van der Waals surface area (Å²) in [6, 6.07) is 8.55. The first-order chi connectivity index (χ1) is 11.6. The van der Waals surface area contributed by atoms with E-state index in [1.54, 1.807) is 11.8 Å². The SMILES string of the molecule is COc1c(CNC[C@H]2CCN(c3cccc(Br)c3)C2)c(C)nn1C. The molecule has 6 heteroatoms. The molecule has 0 radical (unpaired) electrons. The molecule has 0 unspecified atom stereocenters. The Bertz CT molecular complexity index is 700. The number of hydrogen-bond donors (Lipinski definition) is 1. The van der Waals surface area contributed by atoms with Crippen molar-refractivity contribution in [2.45, 2.75) is 19.9 Å². The van der Waals surface area contributed by atoms with E-state index in [1.807, 2.05) is 14.0 Å². The van der Waals surface area contributed by atoms with Gasteiger partial charge in [0.25, 0.3) is 0 Å². The van der Waals surface area contributed by atoms with Crippen LogP contribution in [0.4, 0.5) is 5.69 Å². The maximum atomic E-state index is 5.45. The summed E-state index contributed by atoms with van der Waals surface area (Å²) < 4.78 is 8.40. The van der Waals surface area contributed by atoms with Crippen molar-refractivity contribution >= 4 is 21.6 Å². The van der Waals surface area contributed by atoms with E-state index in [0.717, 1.165) is 47.8 Å². The number of methoxy groups -OCH3 is 1.